The third-order valence-corrected chi connectivity index (χ3v) is 2.41. The first-order valence-corrected chi connectivity index (χ1v) is 5.61. The lowest BCUT2D eigenvalue weighted by atomic mass is 10.1. The fourth-order valence-electron chi connectivity index (χ4n) is 1.54. The molecule has 0 aliphatic heterocycles. The van der Waals surface area contributed by atoms with Crippen LogP contribution in [0, 0.1) is 0 Å². The van der Waals surface area contributed by atoms with Crippen LogP contribution in [0.4, 0.5) is 0 Å². The van der Waals surface area contributed by atoms with Crippen molar-refractivity contribution in [3.63, 3.8) is 0 Å². The molecule has 0 aromatic heterocycles. The maximum Gasteiger partial charge on any atom is 0.160 e. The Morgan fingerprint density at radius 2 is 1.76 bits per heavy atom. The molecule has 0 aliphatic carbocycles. The molecule has 0 saturated carbocycles. The van der Waals surface area contributed by atoms with E-state index in [4.69, 9.17) is 9.47 Å². The summed E-state index contributed by atoms with van der Waals surface area (Å²) in [4.78, 5) is 0. The molecule has 1 N–H and O–H groups in total. The summed E-state index contributed by atoms with van der Waals surface area (Å²) in [7, 11) is 3.31. The summed E-state index contributed by atoms with van der Waals surface area (Å²) < 4.78 is 10.5. The third-order valence-electron chi connectivity index (χ3n) is 2.41. The zero-order valence-corrected chi connectivity index (χ0v) is 11.8. The number of ether oxygens (including phenoxy) is 2. The summed E-state index contributed by atoms with van der Waals surface area (Å²) >= 11 is 0. The second-order valence-corrected chi connectivity index (χ2v) is 4.05. The summed E-state index contributed by atoms with van der Waals surface area (Å²) in [5.74, 6) is 1.58. The smallest absolute Gasteiger partial charge is 0.160 e. The minimum atomic E-state index is 0. The van der Waals surface area contributed by atoms with Crippen LogP contribution in [0.25, 0.3) is 0 Å². The fraction of sp³-hybridized carbons (Fsp3) is 0.538. The first kappa shape index (κ1) is 16.1. The molecule has 17 heavy (non-hydrogen) atoms. The molecule has 3 nitrogen and oxygen atoms in total. The maximum atomic E-state index is 5.26. The highest BCUT2D eigenvalue weighted by molar-refractivity contribution is 5.85. The van der Waals surface area contributed by atoms with E-state index in [2.05, 4.69) is 25.2 Å². The number of halogens is 1. The van der Waals surface area contributed by atoms with Gasteiger partial charge in [0.25, 0.3) is 0 Å². The van der Waals surface area contributed by atoms with Crippen molar-refractivity contribution in [3.05, 3.63) is 23.8 Å². The van der Waals surface area contributed by atoms with Gasteiger partial charge in [0, 0.05) is 6.04 Å². The van der Waals surface area contributed by atoms with Gasteiger partial charge >= 0.3 is 0 Å². The van der Waals surface area contributed by atoms with Gasteiger partial charge in [0.05, 0.1) is 14.2 Å². The number of hydrogen-bond acceptors (Lipinski definition) is 3. The van der Waals surface area contributed by atoms with Crippen molar-refractivity contribution >= 4 is 12.4 Å². The van der Waals surface area contributed by atoms with Crippen molar-refractivity contribution in [2.45, 2.75) is 26.3 Å². The molecule has 0 unspecified atom stereocenters. The zero-order valence-electron chi connectivity index (χ0n) is 10.9. The van der Waals surface area contributed by atoms with Crippen LogP contribution >= 0.6 is 12.4 Å². The van der Waals surface area contributed by atoms with Crippen molar-refractivity contribution in [1.29, 1.82) is 0 Å². The molecule has 1 rings (SSSR count). The van der Waals surface area contributed by atoms with Crippen LogP contribution in [0.5, 0.6) is 11.5 Å². The highest BCUT2D eigenvalue weighted by atomic mass is 35.5. The van der Waals surface area contributed by atoms with Gasteiger partial charge in [0.1, 0.15) is 0 Å². The lowest BCUT2D eigenvalue weighted by molar-refractivity contribution is 0.354. The summed E-state index contributed by atoms with van der Waals surface area (Å²) in [6, 6.07) is 6.58. The van der Waals surface area contributed by atoms with Crippen LogP contribution in [0.3, 0.4) is 0 Å². The Morgan fingerprint density at radius 1 is 1.12 bits per heavy atom. The third kappa shape index (κ3) is 5.29. The van der Waals surface area contributed by atoms with E-state index in [9.17, 15) is 0 Å². The second-order valence-electron chi connectivity index (χ2n) is 4.05. The summed E-state index contributed by atoms with van der Waals surface area (Å²) in [6.07, 6.45) is 0.999. The Kier molecular flexibility index (Phi) is 7.75. The predicted molar refractivity (Wildman–Crippen MR) is 73.6 cm³/mol. The van der Waals surface area contributed by atoms with E-state index in [1.165, 1.54) is 5.56 Å². The topological polar surface area (TPSA) is 30.5 Å². The van der Waals surface area contributed by atoms with E-state index in [-0.39, 0.29) is 12.4 Å². The molecular formula is C13H22ClNO2. The number of benzene rings is 1. The molecule has 0 radical (unpaired) electrons. The number of methoxy groups -OCH3 is 2. The Balaban J connectivity index is 0.00000256. The van der Waals surface area contributed by atoms with Crippen LogP contribution < -0.4 is 14.8 Å². The minimum Gasteiger partial charge on any atom is -0.493 e. The Bertz CT molecular complexity index is 329. The van der Waals surface area contributed by atoms with Gasteiger partial charge in [-0.3, -0.25) is 0 Å². The summed E-state index contributed by atoms with van der Waals surface area (Å²) in [5.41, 5.74) is 1.26. The summed E-state index contributed by atoms with van der Waals surface area (Å²) in [6.45, 7) is 5.27. The molecule has 0 atom stereocenters. The van der Waals surface area contributed by atoms with Crippen LogP contribution in [-0.4, -0.2) is 26.8 Å². The Hall–Kier alpha value is -0.930. The molecule has 4 heteroatoms. The zero-order chi connectivity index (χ0) is 12.0. The van der Waals surface area contributed by atoms with E-state index in [1.807, 2.05) is 12.1 Å². The first-order chi connectivity index (χ1) is 7.67. The molecule has 0 spiro atoms. The van der Waals surface area contributed by atoms with Crippen molar-refractivity contribution in [2.75, 3.05) is 20.8 Å². The van der Waals surface area contributed by atoms with E-state index in [1.54, 1.807) is 14.2 Å². The minimum absolute atomic E-state index is 0. The summed E-state index contributed by atoms with van der Waals surface area (Å²) in [5, 5.41) is 3.39. The molecule has 0 heterocycles. The van der Waals surface area contributed by atoms with Crippen molar-refractivity contribution < 1.29 is 9.47 Å². The quantitative estimate of drug-likeness (QED) is 0.852. The first-order valence-electron chi connectivity index (χ1n) is 5.61. The molecular weight excluding hydrogens is 238 g/mol. The van der Waals surface area contributed by atoms with Gasteiger partial charge in [-0.15, -0.1) is 12.4 Å². The molecule has 98 valence electrons. The van der Waals surface area contributed by atoms with E-state index >= 15 is 0 Å². The lowest BCUT2D eigenvalue weighted by Gasteiger charge is -2.11. The van der Waals surface area contributed by atoms with Crippen molar-refractivity contribution in [3.8, 4) is 11.5 Å². The normalized spacial score (nSPS) is 9.94. The highest BCUT2D eigenvalue weighted by Crippen LogP contribution is 2.27. The maximum absolute atomic E-state index is 5.26. The van der Waals surface area contributed by atoms with Crippen LogP contribution in [-0.2, 0) is 6.42 Å². The number of rotatable bonds is 6. The van der Waals surface area contributed by atoms with Gasteiger partial charge in [-0.25, -0.2) is 0 Å². The number of hydrogen-bond donors (Lipinski definition) is 1. The SMILES string of the molecule is COc1ccc(CCNC(C)C)cc1OC.Cl. The molecule has 1 aromatic rings. The van der Waals surface area contributed by atoms with Crippen molar-refractivity contribution in [2.24, 2.45) is 0 Å². The van der Waals surface area contributed by atoms with Gasteiger partial charge < -0.3 is 14.8 Å². The van der Waals surface area contributed by atoms with Crippen molar-refractivity contribution in [1.82, 2.24) is 5.32 Å². The average molecular weight is 260 g/mol. The molecule has 0 saturated heterocycles. The standard InChI is InChI=1S/C13H21NO2.ClH/c1-10(2)14-8-7-11-5-6-12(15-3)13(9-11)16-4;/h5-6,9-10,14H,7-8H2,1-4H3;1H. The molecule has 0 aliphatic rings. The van der Waals surface area contributed by atoms with E-state index in [0.717, 1.165) is 24.5 Å². The van der Waals surface area contributed by atoms with E-state index < -0.39 is 0 Å². The van der Waals surface area contributed by atoms with Crippen LogP contribution in [0.1, 0.15) is 19.4 Å². The monoisotopic (exact) mass is 259 g/mol. The predicted octanol–water partition coefficient (Wildman–Crippen LogP) is 2.67. The molecule has 1 aromatic carbocycles. The van der Waals surface area contributed by atoms with Gasteiger partial charge in [0.15, 0.2) is 11.5 Å². The Morgan fingerprint density at radius 3 is 2.29 bits per heavy atom. The molecule has 0 fully saturated rings. The lowest BCUT2D eigenvalue weighted by Crippen LogP contribution is -2.24. The molecule has 0 bridgehead atoms. The fourth-order valence-corrected chi connectivity index (χ4v) is 1.54. The average Bonchev–Trinajstić information content (AvgIpc) is 2.28. The number of nitrogens with one attached hydrogen (secondary N) is 1. The van der Waals surface area contributed by atoms with Crippen LogP contribution in [0.2, 0.25) is 0 Å². The largest absolute Gasteiger partial charge is 0.493 e. The Labute approximate surface area is 110 Å². The van der Waals surface area contributed by atoms with Gasteiger partial charge in [0.2, 0.25) is 0 Å². The molecule has 0 amide bonds. The van der Waals surface area contributed by atoms with E-state index in [0.29, 0.717) is 6.04 Å². The van der Waals surface area contributed by atoms with Gasteiger partial charge in [-0.2, -0.15) is 0 Å². The second kappa shape index (κ2) is 8.20. The van der Waals surface area contributed by atoms with Gasteiger partial charge in [-0.05, 0) is 30.7 Å². The van der Waals surface area contributed by atoms with Gasteiger partial charge in [-0.1, -0.05) is 19.9 Å². The van der Waals surface area contributed by atoms with Crippen LogP contribution in [0.15, 0.2) is 18.2 Å². The highest BCUT2D eigenvalue weighted by Gasteiger charge is 2.04.